The van der Waals surface area contributed by atoms with Crippen LogP contribution in [0.5, 0.6) is 0 Å². The molecule has 8 aliphatic heterocycles. The summed E-state index contributed by atoms with van der Waals surface area (Å²) in [5, 5.41) is 71.1. The van der Waals surface area contributed by atoms with Gasteiger partial charge in [-0.25, -0.2) is 19.5 Å². The number of hydrogen-bond acceptors (Lipinski definition) is 21. The number of aromatic nitrogens is 4. The molecule has 7 amide bonds. The summed E-state index contributed by atoms with van der Waals surface area (Å²) in [5.41, 5.74) is 42.9. The minimum Gasteiger partial charge on any atom is -0.685 e. The summed E-state index contributed by atoms with van der Waals surface area (Å²) in [4.78, 5) is 118. The standard InChI is InChI=1S/C62H93N13O14P.C10H12N5O3.Co/c1-29-20-39-40(21-30(29)2)75(28-70-39)57-52(84)53(41(27-76)87-57)89-90(85,86)88-31(3)26-69-49(83)18-19-59(8)37(22-46(66)80)56-62(11)61(10,25-48(68)82)36(14-17-45(65)79)51(74-62)33(5)55-60(9,24-47(67)81)34(12-15-43(63)77)38(71-55)23-42-58(6,7)35(13-16-44(64)78)50(72-42)32(4)54(59)73-56;1-4-6(16)7(17)10(18-4)15-3-14-5-8(11)12-2-13-9(5)15;/h20-21,23,31,34-38,41,50-53,56-57,76,84H,12-19,22,24-28H2,1-11H3,(H2,63,77)(H2,64,78)(H2,65,79)(H2,66,80)(H2,67,81)(H2,68,82)(H,69,83)(H,85,86);2-4,6-7,10,16-17H,1H2,(H2,11,12,13);/q-5;-1;/b42-23-,54-32-,55-33-;;/t31-,34-,35-,36-,37+,38?,41-,50?,51?,52-,53-,56-,57+,59-,60+,61+,62+;4-,6-,7-,10-;/m11./s1. The Balaban J connectivity index is 0.000000623. The second-order valence-corrected chi connectivity index (χ2v) is 33.2. The number of carbonyl (C=O) groups excluding carboxylic acids is 7. The summed E-state index contributed by atoms with van der Waals surface area (Å²) in [6.45, 7) is 23.2. The largest absolute Gasteiger partial charge is 0.685 e. The third-order valence-corrected chi connectivity index (χ3v) is 25.5. The molecule has 8 aliphatic rings. The van der Waals surface area contributed by atoms with Gasteiger partial charge in [0.05, 0.1) is 25.1 Å². The topological polar surface area (TPSA) is 586 Å². The number of primary amides is 6. The molecule has 0 saturated carbocycles. The first-order valence-electron chi connectivity index (χ1n) is 36.4. The van der Waals surface area contributed by atoms with Crippen LogP contribution in [-0.4, -0.2) is 185 Å². The van der Waals surface area contributed by atoms with Crippen LogP contribution >= 0.6 is 7.82 Å². The molecule has 11 rings (SSSR count). The summed E-state index contributed by atoms with van der Waals surface area (Å²) < 4.78 is 37.7. The molecule has 4 unspecified atom stereocenters. The Morgan fingerprint density at radius 2 is 1.34 bits per heavy atom. The fourth-order valence-electron chi connectivity index (χ4n) is 18.3. The van der Waals surface area contributed by atoms with Gasteiger partial charge in [0.1, 0.15) is 36.3 Å². The van der Waals surface area contributed by atoms with E-state index in [1.54, 1.807) is 4.90 Å². The Morgan fingerprint density at radius 1 is 0.734 bits per heavy atom. The van der Waals surface area contributed by atoms with Crippen molar-refractivity contribution in [2.24, 2.45) is 79.7 Å². The molecule has 6 saturated heterocycles. The summed E-state index contributed by atoms with van der Waals surface area (Å²) in [6, 6.07) is 0.485. The van der Waals surface area contributed by atoms with Crippen LogP contribution in [0.3, 0.4) is 0 Å². The van der Waals surface area contributed by atoms with E-state index < -0.39 is 186 Å². The predicted octanol–water partition coefficient (Wildman–Crippen LogP) is 3.97. The van der Waals surface area contributed by atoms with Crippen molar-refractivity contribution in [3.63, 3.8) is 0 Å². The van der Waals surface area contributed by atoms with Gasteiger partial charge in [0.25, 0.3) is 0 Å². The second-order valence-electron chi connectivity index (χ2n) is 31.8. The number of amides is 7. The Kier molecular flexibility index (Phi) is 25.6. The van der Waals surface area contributed by atoms with Crippen LogP contribution in [0.4, 0.5) is 17.2 Å². The number of fused-ring (bicyclic) bond motifs is 11. The van der Waals surface area contributed by atoms with Crippen LogP contribution in [0.2, 0.25) is 0 Å². The number of nitrogens with two attached hydrogens (primary N) is 7. The van der Waals surface area contributed by atoms with Crippen LogP contribution < -0.4 is 50.4 Å². The second kappa shape index (κ2) is 32.6. The number of rotatable bonds is 27. The number of phosphoric ester groups is 1. The third-order valence-electron chi connectivity index (χ3n) is 24.3. The number of hydrogen-bond donors (Lipinski definition) is 13. The van der Waals surface area contributed by atoms with Gasteiger partial charge in [-0.1, -0.05) is 66.4 Å². The van der Waals surface area contributed by atoms with Gasteiger partial charge in [-0.3, -0.25) is 47.2 Å². The molecule has 37 heteroatoms. The molecular weight excluding hydrogens is 1480 g/mol. The SMILES string of the molecule is C/C1=C2/[N-][C@H]([C@H](CC(N)=O)[C@@]2(C)CCC(=O)NC[C@@H](C)OP(=O)(O)O[C@H]2[C@@H](O)[C@@H](N3C[N-]c4cc(C)c(C)cc43)O[C@@H]2CO)[C@]2(C)[N-]C(/C(C)=C3\[N-]C(/C=C4\[N-]C1[C@@H](CCC(N)=O)C4(C)C)[C@@H](CCC(N)=O)[C@]3(C)CC(N)=O)[C@@H](CCC(N)=O)[C@]2(C)CC(N)=O.[CH2-][C@H]1O[C@@H](n2cnc3c(N)ncnc32)[C@H](O)[C@@H]1O.[Co]. The van der Waals surface area contributed by atoms with E-state index in [0.717, 1.165) is 11.1 Å². The molecule has 8 bridgehead atoms. The predicted molar refractivity (Wildman–Crippen MR) is 396 cm³/mol. The molecule has 1 aromatic carbocycles. The first-order valence-corrected chi connectivity index (χ1v) is 37.9. The van der Waals surface area contributed by atoms with Crippen molar-refractivity contribution in [1.29, 1.82) is 0 Å². The average Bonchev–Trinajstić information content (AvgIpc) is 1.53. The molecular formula is C72H105CoN18O17P-6. The molecule has 0 spiro atoms. The van der Waals surface area contributed by atoms with Gasteiger partial charge < -0.3 is 119 Å². The number of allylic oxidation sites excluding steroid dienone is 3. The Hall–Kier alpha value is -7.58. The number of nitrogen functional groups attached to an aromatic ring is 1. The maximum Gasteiger partial charge on any atom is 0.472 e. The molecule has 6 fully saturated rings. The van der Waals surface area contributed by atoms with E-state index in [1.807, 2.05) is 87.4 Å². The van der Waals surface area contributed by atoms with E-state index in [-0.39, 0.29) is 106 Å². The molecule has 109 heavy (non-hydrogen) atoms. The van der Waals surface area contributed by atoms with Crippen LogP contribution in [0, 0.1) is 66.1 Å². The number of benzene rings is 1. The van der Waals surface area contributed by atoms with Crippen molar-refractivity contribution in [2.75, 3.05) is 30.5 Å². The summed E-state index contributed by atoms with van der Waals surface area (Å²) in [6.07, 6.45) is -6.17. The number of nitrogens with zero attached hydrogens (tertiary/aromatic N) is 10. The first-order chi connectivity index (χ1) is 50.4. The summed E-state index contributed by atoms with van der Waals surface area (Å²) in [7, 11) is -5.05. The molecule has 20 N–H and O–H groups in total. The van der Waals surface area contributed by atoms with E-state index >= 15 is 0 Å². The average molecular weight is 1580 g/mol. The Labute approximate surface area is 643 Å². The van der Waals surface area contributed by atoms with Gasteiger partial charge in [0.15, 0.2) is 23.9 Å². The number of imidazole rings is 1. The van der Waals surface area contributed by atoms with Crippen LogP contribution in [0.15, 0.2) is 59.1 Å². The molecule has 35 nitrogen and oxygen atoms in total. The van der Waals surface area contributed by atoms with Crippen molar-refractivity contribution in [2.45, 2.75) is 232 Å². The van der Waals surface area contributed by atoms with Crippen LogP contribution in [-0.2, 0) is 73.4 Å². The minimum atomic E-state index is -5.05. The number of nitrogens with one attached hydrogen (secondary N) is 1. The number of phosphoric acid groups is 1. The Bertz CT molecular complexity index is 4150. The number of aliphatic hydroxyl groups excluding tert-OH is 4. The molecule has 605 valence electrons. The van der Waals surface area contributed by atoms with E-state index in [2.05, 4.69) is 32.5 Å². The molecule has 22 atom stereocenters. The first kappa shape index (κ1) is 85.4. The van der Waals surface area contributed by atoms with Crippen molar-refractivity contribution in [3.8, 4) is 0 Å². The van der Waals surface area contributed by atoms with Crippen LogP contribution in [0.25, 0.3) is 37.7 Å². The number of ether oxygens (including phenoxy) is 2. The van der Waals surface area contributed by atoms with Crippen molar-refractivity contribution >= 4 is 77.5 Å². The van der Waals surface area contributed by atoms with Crippen molar-refractivity contribution in [1.82, 2.24) is 24.8 Å². The third kappa shape index (κ3) is 16.6. The van der Waals surface area contributed by atoms with Crippen LogP contribution in [0.1, 0.15) is 150 Å². The molecule has 10 heterocycles. The molecule has 1 radical (unpaired) electrons. The minimum absolute atomic E-state index is 0. The Morgan fingerprint density at radius 3 is 1.94 bits per heavy atom. The van der Waals surface area contributed by atoms with E-state index in [4.69, 9.17) is 79.9 Å². The number of aliphatic hydroxyl groups is 4. The van der Waals surface area contributed by atoms with Crippen molar-refractivity contribution < 1.29 is 98.7 Å². The van der Waals surface area contributed by atoms with E-state index in [1.165, 1.54) is 24.1 Å². The zero-order chi connectivity index (χ0) is 79.6. The normalized spacial score (nSPS) is 36.0. The number of aryl methyl sites for hydroxylation is 2. The fraction of sp³-hybridized carbons (Fsp3) is 0.653. The van der Waals surface area contributed by atoms with Gasteiger partial charge in [0, 0.05) is 74.0 Å². The monoisotopic (exact) mass is 1580 g/mol. The smallest absolute Gasteiger partial charge is 0.472 e. The zero-order valence-electron chi connectivity index (χ0n) is 63.2. The van der Waals surface area contributed by atoms with Gasteiger partial charge in [0.2, 0.25) is 41.4 Å². The molecule has 2 aromatic heterocycles. The number of carbonyl (C=O) groups is 7. The van der Waals surface area contributed by atoms with Gasteiger partial charge in [-0.15, -0.1) is 40.5 Å². The molecule has 0 aliphatic carbocycles. The van der Waals surface area contributed by atoms with Gasteiger partial charge in [-0.05, 0) is 129 Å². The van der Waals surface area contributed by atoms with Crippen molar-refractivity contribution in [3.05, 3.63) is 104 Å². The van der Waals surface area contributed by atoms with E-state index in [9.17, 15) is 63.4 Å². The zero-order valence-corrected chi connectivity index (χ0v) is 65.2. The van der Waals surface area contributed by atoms with Gasteiger partial charge in [-0.2, -0.15) is 17.1 Å². The summed E-state index contributed by atoms with van der Waals surface area (Å²) in [5.74, 6) is -6.60. The molecule has 3 aromatic rings. The quantitative estimate of drug-likeness (QED) is 0.0379. The maximum atomic E-state index is 14.4. The fourth-order valence-corrected chi connectivity index (χ4v) is 19.4. The maximum absolute atomic E-state index is 14.4. The number of anilines is 2. The summed E-state index contributed by atoms with van der Waals surface area (Å²) >= 11 is 0. The van der Waals surface area contributed by atoms with Gasteiger partial charge >= 0.3 is 7.82 Å². The van der Waals surface area contributed by atoms with E-state index in [0.29, 0.717) is 50.8 Å².